The third-order valence-electron chi connectivity index (χ3n) is 4.44. The van der Waals surface area contributed by atoms with Gasteiger partial charge < -0.3 is 4.98 Å². The molecule has 0 aliphatic rings. The number of aromatic nitrogens is 1. The highest BCUT2D eigenvalue weighted by atomic mass is 16.1. The van der Waals surface area contributed by atoms with Gasteiger partial charge >= 0.3 is 0 Å². The van der Waals surface area contributed by atoms with E-state index in [0.29, 0.717) is 5.92 Å². The van der Waals surface area contributed by atoms with Crippen LogP contribution in [-0.4, -0.2) is 11.3 Å². The van der Waals surface area contributed by atoms with Crippen LogP contribution in [0.3, 0.4) is 0 Å². The normalized spacial score (nSPS) is 11.3. The molecule has 0 spiro atoms. The molecule has 1 aromatic heterocycles. The fourth-order valence-electron chi connectivity index (χ4n) is 2.84. The first-order valence-electron chi connectivity index (χ1n) is 7.69. The number of fused-ring (bicyclic) bond motifs is 1. The van der Waals surface area contributed by atoms with Crippen molar-refractivity contribution in [3.8, 4) is 11.3 Å². The van der Waals surface area contributed by atoms with Crippen molar-refractivity contribution in [2.75, 3.05) is 0 Å². The number of aldehydes is 1. The number of carbonyl (C=O) groups is 1. The quantitative estimate of drug-likeness (QED) is 0.645. The largest absolute Gasteiger partial charge is 0.354 e. The monoisotopic (exact) mass is 291 g/mol. The summed E-state index contributed by atoms with van der Waals surface area (Å²) in [5.74, 6) is 0.448. The van der Waals surface area contributed by atoms with Gasteiger partial charge in [-0.1, -0.05) is 32.0 Å². The zero-order chi connectivity index (χ0) is 15.9. The van der Waals surface area contributed by atoms with Crippen molar-refractivity contribution in [2.45, 2.75) is 33.6 Å². The Morgan fingerprint density at radius 1 is 1.00 bits per heavy atom. The molecule has 3 rings (SSSR count). The van der Waals surface area contributed by atoms with E-state index in [-0.39, 0.29) is 0 Å². The molecule has 2 nitrogen and oxygen atoms in total. The minimum atomic E-state index is 0.448. The van der Waals surface area contributed by atoms with Crippen LogP contribution in [0.2, 0.25) is 0 Å². The highest BCUT2D eigenvalue weighted by Crippen LogP contribution is 2.32. The van der Waals surface area contributed by atoms with Crippen LogP contribution in [0.25, 0.3) is 22.2 Å². The highest BCUT2D eigenvalue weighted by Gasteiger charge is 2.14. The van der Waals surface area contributed by atoms with Crippen molar-refractivity contribution in [1.82, 2.24) is 4.98 Å². The topological polar surface area (TPSA) is 32.9 Å². The SMILES string of the molecule is Cc1ccc(-c2[nH]c3ccc(C(C)C)cc3c2C=O)cc1C. The third kappa shape index (κ3) is 2.35. The lowest BCUT2D eigenvalue weighted by molar-refractivity contribution is 0.112. The predicted molar refractivity (Wildman–Crippen MR) is 92.7 cm³/mol. The van der Waals surface area contributed by atoms with Crippen LogP contribution in [0.4, 0.5) is 0 Å². The van der Waals surface area contributed by atoms with Gasteiger partial charge in [0.1, 0.15) is 0 Å². The fraction of sp³-hybridized carbons (Fsp3) is 0.250. The van der Waals surface area contributed by atoms with Crippen LogP contribution in [0, 0.1) is 13.8 Å². The minimum Gasteiger partial charge on any atom is -0.354 e. The summed E-state index contributed by atoms with van der Waals surface area (Å²) in [6, 6.07) is 12.6. The van der Waals surface area contributed by atoms with Gasteiger partial charge in [-0.2, -0.15) is 0 Å². The Bertz CT molecular complexity index is 856. The highest BCUT2D eigenvalue weighted by molar-refractivity contribution is 6.04. The summed E-state index contributed by atoms with van der Waals surface area (Å²) in [5.41, 5.74) is 7.48. The van der Waals surface area contributed by atoms with E-state index in [9.17, 15) is 4.79 Å². The number of hydrogen-bond acceptors (Lipinski definition) is 1. The number of aryl methyl sites for hydroxylation is 2. The van der Waals surface area contributed by atoms with E-state index < -0.39 is 0 Å². The van der Waals surface area contributed by atoms with E-state index in [0.717, 1.165) is 34.0 Å². The Labute approximate surface area is 131 Å². The van der Waals surface area contributed by atoms with E-state index in [1.165, 1.54) is 16.7 Å². The summed E-state index contributed by atoms with van der Waals surface area (Å²) in [5, 5.41) is 1.01. The summed E-state index contributed by atoms with van der Waals surface area (Å²) >= 11 is 0. The van der Waals surface area contributed by atoms with Crippen molar-refractivity contribution < 1.29 is 4.79 Å². The van der Waals surface area contributed by atoms with Crippen LogP contribution in [0.1, 0.15) is 46.8 Å². The van der Waals surface area contributed by atoms with Crippen molar-refractivity contribution in [3.63, 3.8) is 0 Å². The number of H-pyrrole nitrogens is 1. The molecule has 0 amide bonds. The lowest BCUT2D eigenvalue weighted by Crippen LogP contribution is -1.88. The molecule has 0 aliphatic carbocycles. The molecule has 0 atom stereocenters. The molecule has 2 heteroatoms. The van der Waals surface area contributed by atoms with Crippen LogP contribution < -0.4 is 0 Å². The van der Waals surface area contributed by atoms with Gasteiger partial charge in [-0.3, -0.25) is 4.79 Å². The maximum Gasteiger partial charge on any atom is 0.152 e. The maximum absolute atomic E-state index is 11.7. The van der Waals surface area contributed by atoms with Crippen LogP contribution in [0.15, 0.2) is 36.4 Å². The lowest BCUT2D eigenvalue weighted by Gasteiger charge is -2.05. The zero-order valence-electron chi connectivity index (χ0n) is 13.5. The van der Waals surface area contributed by atoms with Gasteiger partial charge in [0.25, 0.3) is 0 Å². The Hall–Kier alpha value is -2.35. The first-order chi connectivity index (χ1) is 10.5. The summed E-state index contributed by atoms with van der Waals surface area (Å²) in [7, 11) is 0. The molecule has 0 saturated carbocycles. The Morgan fingerprint density at radius 3 is 2.41 bits per heavy atom. The minimum absolute atomic E-state index is 0.448. The second-order valence-electron chi connectivity index (χ2n) is 6.29. The number of hydrogen-bond donors (Lipinski definition) is 1. The van der Waals surface area contributed by atoms with E-state index in [1.807, 2.05) is 0 Å². The molecule has 3 aromatic rings. The molecule has 0 aliphatic heterocycles. The summed E-state index contributed by atoms with van der Waals surface area (Å²) in [4.78, 5) is 15.1. The molecule has 2 aromatic carbocycles. The Kier molecular flexibility index (Phi) is 3.61. The summed E-state index contributed by atoms with van der Waals surface area (Å²) in [6.07, 6.45) is 0.966. The van der Waals surface area contributed by atoms with Gasteiger partial charge in [0, 0.05) is 16.5 Å². The van der Waals surface area contributed by atoms with Gasteiger partial charge in [-0.25, -0.2) is 0 Å². The van der Waals surface area contributed by atoms with Crippen molar-refractivity contribution >= 4 is 17.2 Å². The predicted octanol–water partition coefficient (Wildman–Crippen LogP) is 5.39. The summed E-state index contributed by atoms with van der Waals surface area (Å²) < 4.78 is 0. The molecule has 1 heterocycles. The third-order valence-corrected chi connectivity index (χ3v) is 4.44. The molecule has 0 fully saturated rings. The molecule has 0 saturated heterocycles. The number of rotatable bonds is 3. The van der Waals surface area contributed by atoms with Crippen molar-refractivity contribution in [1.29, 1.82) is 0 Å². The molecule has 1 N–H and O–H groups in total. The average Bonchev–Trinajstić information content (AvgIpc) is 2.87. The van der Waals surface area contributed by atoms with Crippen LogP contribution >= 0.6 is 0 Å². The van der Waals surface area contributed by atoms with Gasteiger partial charge in [0.15, 0.2) is 6.29 Å². The number of aromatic amines is 1. The molecule has 0 unspecified atom stereocenters. The second-order valence-corrected chi connectivity index (χ2v) is 6.29. The first kappa shape index (κ1) is 14.6. The number of benzene rings is 2. The second kappa shape index (κ2) is 5.45. The standard InChI is InChI=1S/C20H21NO/c1-12(2)15-7-8-19-17(10-15)18(11-22)20(21-19)16-6-5-13(3)14(4)9-16/h5-12,21H,1-4H3. The van der Waals surface area contributed by atoms with Gasteiger partial charge in [0.2, 0.25) is 0 Å². The smallest absolute Gasteiger partial charge is 0.152 e. The molecular weight excluding hydrogens is 270 g/mol. The van der Waals surface area contributed by atoms with Gasteiger partial charge in [-0.05, 0) is 60.2 Å². The zero-order valence-corrected chi connectivity index (χ0v) is 13.5. The van der Waals surface area contributed by atoms with Crippen molar-refractivity contribution in [2.24, 2.45) is 0 Å². The maximum atomic E-state index is 11.7. The van der Waals surface area contributed by atoms with Crippen molar-refractivity contribution in [3.05, 3.63) is 58.7 Å². The van der Waals surface area contributed by atoms with E-state index in [1.54, 1.807) is 0 Å². The first-order valence-corrected chi connectivity index (χ1v) is 7.69. The van der Waals surface area contributed by atoms with Crippen LogP contribution in [-0.2, 0) is 0 Å². The molecular formula is C20H21NO. The Morgan fingerprint density at radius 2 is 1.77 bits per heavy atom. The molecule has 0 radical (unpaired) electrons. The average molecular weight is 291 g/mol. The number of carbonyl (C=O) groups excluding carboxylic acids is 1. The summed E-state index contributed by atoms with van der Waals surface area (Å²) in [6.45, 7) is 8.52. The van der Waals surface area contributed by atoms with Crippen LogP contribution in [0.5, 0.6) is 0 Å². The fourth-order valence-corrected chi connectivity index (χ4v) is 2.84. The van der Waals surface area contributed by atoms with E-state index in [2.05, 4.69) is 69.1 Å². The van der Waals surface area contributed by atoms with Gasteiger partial charge in [0.05, 0.1) is 5.69 Å². The van der Waals surface area contributed by atoms with E-state index in [4.69, 9.17) is 0 Å². The van der Waals surface area contributed by atoms with E-state index >= 15 is 0 Å². The molecule has 0 bridgehead atoms. The lowest BCUT2D eigenvalue weighted by atomic mass is 9.98. The van der Waals surface area contributed by atoms with Gasteiger partial charge in [-0.15, -0.1) is 0 Å². The number of nitrogens with one attached hydrogen (secondary N) is 1. The Balaban J connectivity index is 2.25. The molecule has 112 valence electrons. The molecule has 22 heavy (non-hydrogen) atoms.